The van der Waals surface area contributed by atoms with Crippen LogP contribution in [0.5, 0.6) is 0 Å². The van der Waals surface area contributed by atoms with Gasteiger partial charge < -0.3 is 4.57 Å². The fourth-order valence-corrected chi connectivity index (χ4v) is 5.52. The number of nitrogens with zero attached hydrogens (tertiary/aromatic N) is 2. The second kappa shape index (κ2) is 11.6. The molecule has 0 spiro atoms. The summed E-state index contributed by atoms with van der Waals surface area (Å²) in [5, 5.41) is 10.6. The SMILES string of the molecule is Cc1ccc(S(=O)(=O)OC2CCCCC2)cc1.O=c1c([N+](=O)[O-])cccn1C1CCCCC1. The highest BCUT2D eigenvalue weighted by molar-refractivity contribution is 7.86. The molecule has 0 atom stereocenters. The molecule has 1 aromatic carbocycles. The normalized spacial score (nSPS) is 17.7. The first-order chi connectivity index (χ1) is 15.8. The summed E-state index contributed by atoms with van der Waals surface area (Å²) >= 11 is 0. The largest absolute Gasteiger partial charge is 0.334 e. The van der Waals surface area contributed by atoms with Crippen LogP contribution in [0, 0.1) is 17.0 Å². The van der Waals surface area contributed by atoms with E-state index in [-0.39, 0.29) is 22.7 Å². The van der Waals surface area contributed by atoms with Gasteiger partial charge in [-0.25, -0.2) is 0 Å². The summed E-state index contributed by atoms with van der Waals surface area (Å²) in [6, 6.07) is 9.77. The molecule has 33 heavy (non-hydrogen) atoms. The lowest BCUT2D eigenvalue weighted by Crippen LogP contribution is -2.27. The van der Waals surface area contributed by atoms with E-state index in [2.05, 4.69) is 0 Å². The van der Waals surface area contributed by atoms with Gasteiger partial charge in [-0.3, -0.25) is 19.1 Å². The maximum absolute atomic E-state index is 12.0. The first-order valence-electron chi connectivity index (χ1n) is 11.6. The van der Waals surface area contributed by atoms with Crippen LogP contribution in [0.15, 0.2) is 52.3 Å². The number of hydrogen-bond donors (Lipinski definition) is 0. The Bertz CT molecular complexity index is 1080. The molecule has 0 aliphatic heterocycles. The maximum atomic E-state index is 12.0. The molecule has 1 heterocycles. The van der Waals surface area contributed by atoms with Crippen molar-refractivity contribution in [3.8, 4) is 0 Å². The molecule has 2 aliphatic rings. The van der Waals surface area contributed by atoms with E-state index in [4.69, 9.17) is 4.18 Å². The summed E-state index contributed by atoms with van der Waals surface area (Å²) in [5.74, 6) is 0. The molecule has 4 rings (SSSR count). The molecule has 2 saturated carbocycles. The van der Waals surface area contributed by atoms with Crippen molar-refractivity contribution < 1.29 is 17.5 Å². The first kappa shape index (κ1) is 25.1. The molecule has 2 fully saturated rings. The van der Waals surface area contributed by atoms with E-state index >= 15 is 0 Å². The second-order valence-electron chi connectivity index (χ2n) is 8.78. The molecule has 0 N–H and O–H groups in total. The Labute approximate surface area is 194 Å². The molecule has 0 bridgehead atoms. The van der Waals surface area contributed by atoms with Crippen molar-refractivity contribution in [2.45, 2.75) is 88.2 Å². The van der Waals surface area contributed by atoms with Gasteiger partial charge in [0.1, 0.15) is 0 Å². The summed E-state index contributed by atoms with van der Waals surface area (Å²) in [6.45, 7) is 1.93. The van der Waals surface area contributed by atoms with Crippen LogP contribution in [0.4, 0.5) is 5.69 Å². The average Bonchev–Trinajstić information content (AvgIpc) is 2.81. The standard InChI is InChI=1S/C13H18O3S.C11H14N2O3/c1-11-7-9-13(10-8-11)17(14,15)16-12-5-3-2-4-6-12;14-11-10(13(15)16)7-4-8-12(11)9-5-2-1-3-6-9/h7-10,12H,2-6H2,1H3;4,7-9H,1-3,5-6H2. The van der Waals surface area contributed by atoms with Crippen LogP contribution in [0.25, 0.3) is 0 Å². The molecule has 0 saturated heterocycles. The number of hydrogen-bond acceptors (Lipinski definition) is 6. The lowest BCUT2D eigenvalue weighted by molar-refractivity contribution is -0.386. The van der Waals surface area contributed by atoms with Gasteiger partial charge in [0, 0.05) is 18.3 Å². The molecule has 2 aliphatic carbocycles. The van der Waals surface area contributed by atoms with E-state index in [0.29, 0.717) is 0 Å². The quantitative estimate of drug-likeness (QED) is 0.329. The first-order valence-corrected chi connectivity index (χ1v) is 13.0. The molecule has 2 aromatic rings. The topological polar surface area (TPSA) is 109 Å². The molecule has 0 amide bonds. The molecule has 9 heteroatoms. The number of nitro groups is 1. The summed E-state index contributed by atoms with van der Waals surface area (Å²) in [7, 11) is -3.58. The fraction of sp³-hybridized carbons (Fsp3) is 0.542. The minimum Gasteiger partial charge on any atom is -0.307 e. The Balaban J connectivity index is 0.000000186. The van der Waals surface area contributed by atoms with Crippen molar-refractivity contribution in [3.63, 3.8) is 0 Å². The smallest absolute Gasteiger partial charge is 0.307 e. The third kappa shape index (κ3) is 6.98. The van der Waals surface area contributed by atoms with Crippen LogP contribution in [0.3, 0.4) is 0 Å². The van der Waals surface area contributed by atoms with Crippen LogP contribution in [-0.2, 0) is 14.3 Å². The Morgan fingerprint density at radius 2 is 1.52 bits per heavy atom. The number of benzene rings is 1. The third-order valence-corrected chi connectivity index (χ3v) is 7.62. The van der Waals surface area contributed by atoms with Crippen molar-refractivity contribution in [1.29, 1.82) is 0 Å². The van der Waals surface area contributed by atoms with E-state index < -0.39 is 20.6 Å². The highest BCUT2D eigenvalue weighted by Crippen LogP contribution is 2.27. The van der Waals surface area contributed by atoms with Crippen LogP contribution in [0.2, 0.25) is 0 Å². The van der Waals surface area contributed by atoms with Gasteiger partial charge >= 0.3 is 11.2 Å². The van der Waals surface area contributed by atoms with Gasteiger partial charge in [0.15, 0.2) is 0 Å². The van der Waals surface area contributed by atoms with Crippen molar-refractivity contribution in [3.05, 3.63) is 68.6 Å². The summed E-state index contributed by atoms with van der Waals surface area (Å²) in [5.41, 5.74) is 0.245. The monoisotopic (exact) mass is 476 g/mol. The van der Waals surface area contributed by atoms with Crippen molar-refractivity contribution in [2.24, 2.45) is 0 Å². The van der Waals surface area contributed by atoms with Crippen molar-refractivity contribution in [1.82, 2.24) is 4.57 Å². The van der Waals surface area contributed by atoms with Crippen molar-refractivity contribution >= 4 is 15.8 Å². The molecular formula is C24H32N2O6S. The zero-order chi connectivity index (χ0) is 23.8. The Hall–Kier alpha value is -2.52. The molecule has 180 valence electrons. The fourth-order valence-electron chi connectivity index (χ4n) is 4.38. The van der Waals surface area contributed by atoms with E-state index in [1.54, 1.807) is 36.5 Å². The molecule has 1 aromatic heterocycles. The van der Waals surface area contributed by atoms with Gasteiger partial charge in [0.2, 0.25) is 0 Å². The van der Waals surface area contributed by atoms with E-state index in [1.165, 1.54) is 23.5 Å². The highest BCUT2D eigenvalue weighted by Gasteiger charge is 2.23. The van der Waals surface area contributed by atoms with Gasteiger partial charge in [-0.05, 0) is 50.8 Å². The molecule has 0 unspecified atom stereocenters. The van der Waals surface area contributed by atoms with Gasteiger partial charge in [-0.2, -0.15) is 8.42 Å². The zero-order valence-corrected chi connectivity index (χ0v) is 19.8. The number of rotatable bonds is 5. The summed E-state index contributed by atoms with van der Waals surface area (Å²) < 4.78 is 30.8. The maximum Gasteiger partial charge on any atom is 0.334 e. The minimum atomic E-state index is -3.58. The lowest BCUT2D eigenvalue weighted by Gasteiger charge is -2.23. The van der Waals surface area contributed by atoms with Gasteiger partial charge in [-0.15, -0.1) is 0 Å². The minimum absolute atomic E-state index is 0.130. The molecule has 0 radical (unpaired) electrons. The van der Waals surface area contributed by atoms with E-state index in [1.807, 2.05) is 6.92 Å². The van der Waals surface area contributed by atoms with Gasteiger partial charge in [-0.1, -0.05) is 56.2 Å². The highest BCUT2D eigenvalue weighted by atomic mass is 32.2. The molecular weight excluding hydrogens is 444 g/mol. The number of pyridine rings is 1. The zero-order valence-electron chi connectivity index (χ0n) is 19.0. The molecule has 8 nitrogen and oxygen atoms in total. The Morgan fingerprint density at radius 1 is 0.939 bits per heavy atom. The average molecular weight is 477 g/mol. The van der Waals surface area contributed by atoms with Gasteiger partial charge in [0.25, 0.3) is 10.1 Å². The van der Waals surface area contributed by atoms with Crippen LogP contribution in [-0.4, -0.2) is 24.0 Å². The number of aryl methyl sites for hydroxylation is 1. The Morgan fingerprint density at radius 3 is 2.09 bits per heavy atom. The number of aromatic nitrogens is 1. The lowest BCUT2D eigenvalue weighted by atomic mass is 9.95. The van der Waals surface area contributed by atoms with Crippen LogP contribution < -0.4 is 5.56 Å². The van der Waals surface area contributed by atoms with Crippen molar-refractivity contribution in [2.75, 3.05) is 0 Å². The van der Waals surface area contributed by atoms with E-state index in [0.717, 1.165) is 56.9 Å². The third-order valence-electron chi connectivity index (χ3n) is 6.24. The predicted octanol–water partition coefficient (Wildman–Crippen LogP) is 5.29. The second-order valence-corrected chi connectivity index (χ2v) is 10.4. The summed E-state index contributed by atoms with van der Waals surface area (Å²) in [6.07, 6.45) is 11.8. The Kier molecular flexibility index (Phi) is 8.80. The van der Waals surface area contributed by atoms with Crippen LogP contribution >= 0.6 is 0 Å². The summed E-state index contributed by atoms with van der Waals surface area (Å²) in [4.78, 5) is 22.1. The van der Waals surface area contributed by atoms with Gasteiger partial charge in [0.05, 0.1) is 15.9 Å². The van der Waals surface area contributed by atoms with Crippen LogP contribution in [0.1, 0.15) is 75.8 Å². The van der Waals surface area contributed by atoms with E-state index in [9.17, 15) is 23.3 Å². The predicted molar refractivity (Wildman–Crippen MR) is 126 cm³/mol.